The van der Waals surface area contributed by atoms with Crippen molar-refractivity contribution in [2.24, 2.45) is 0 Å². The largest absolute Gasteiger partial charge is 0.459 e. The van der Waals surface area contributed by atoms with E-state index in [4.69, 9.17) is 4.74 Å². The first-order valence-electron chi connectivity index (χ1n) is 5.94. The summed E-state index contributed by atoms with van der Waals surface area (Å²) < 4.78 is 17.6. The Labute approximate surface area is 115 Å². The summed E-state index contributed by atoms with van der Waals surface area (Å²) in [5.41, 5.74) is 1.34. The Morgan fingerprint density at radius 3 is 2.55 bits per heavy atom. The molecule has 1 heterocycles. The van der Waals surface area contributed by atoms with Crippen LogP contribution in [0.5, 0.6) is 0 Å². The van der Waals surface area contributed by atoms with E-state index in [0.29, 0.717) is 17.0 Å². The number of nitrogens with zero attached hydrogens (tertiary/aromatic N) is 2. The molecule has 104 valence electrons. The molecule has 0 saturated carbocycles. The third kappa shape index (κ3) is 3.58. The summed E-state index contributed by atoms with van der Waals surface area (Å²) >= 11 is 0. The summed E-state index contributed by atoms with van der Waals surface area (Å²) in [4.78, 5) is 18.8. The van der Waals surface area contributed by atoms with Crippen molar-refractivity contribution in [2.45, 2.75) is 19.6 Å². The van der Waals surface area contributed by atoms with Crippen LogP contribution in [0, 0.1) is 5.82 Å². The minimum atomic E-state index is -0.981. The predicted molar refractivity (Wildman–Crippen MR) is 68.0 cm³/mol. The van der Waals surface area contributed by atoms with Crippen LogP contribution in [0.4, 0.5) is 4.39 Å². The molecule has 1 aromatic carbocycles. The molecular formula is C14H13FN2O3. The van der Waals surface area contributed by atoms with Crippen LogP contribution in [0.1, 0.15) is 30.0 Å². The van der Waals surface area contributed by atoms with E-state index in [1.807, 2.05) is 0 Å². The number of hydrogen-bond donors (Lipinski definition) is 1. The van der Waals surface area contributed by atoms with Gasteiger partial charge in [-0.25, -0.2) is 4.39 Å². The number of aliphatic hydroxyl groups excluding tert-OH is 1. The molecule has 0 bridgehead atoms. The van der Waals surface area contributed by atoms with Gasteiger partial charge in [-0.05, 0) is 17.7 Å². The van der Waals surface area contributed by atoms with E-state index in [0.717, 1.165) is 0 Å². The molecule has 6 heteroatoms. The van der Waals surface area contributed by atoms with Crippen molar-refractivity contribution in [3.8, 4) is 0 Å². The second-order valence-corrected chi connectivity index (χ2v) is 4.17. The van der Waals surface area contributed by atoms with Crippen LogP contribution >= 0.6 is 0 Å². The van der Waals surface area contributed by atoms with Crippen LogP contribution in [-0.4, -0.2) is 21.0 Å². The molecule has 2 aromatic rings. The zero-order valence-electron chi connectivity index (χ0n) is 10.8. The summed E-state index contributed by atoms with van der Waals surface area (Å²) in [7, 11) is 0. The van der Waals surface area contributed by atoms with E-state index >= 15 is 0 Å². The average molecular weight is 276 g/mol. The van der Waals surface area contributed by atoms with Gasteiger partial charge in [0.05, 0.1) is 23.8 Å². The lowest BCUT2D eigenvalue weighted by atomic mass is 10.1. The molecule has 5 nitrogen and oxygen atoms in total. The normalized spacial score (nSPS) is 11.9. The number of ether oxygens (including phenoxy) is 1. The molecule has 1 aromatic heterocycles. The molecule has 2 rings (SSSR count). The summed E-state index contributed by atoms with van der Waals surface area (Å²) in [6, 6.07) is 5.49. The van der Waals surface area contributed by atoms with Crippen molar-refractivity contribution < 1.29 is 19.0 Å². The topological polar surface area (TPSA) is 72.3 Å². The molecule has 0 aliphatic heterocycles. The molecule has 20 heavy (non-hydrogen) atoms. The van der Waals surface area contributed by atoms with Crippen LogP contribution in [0.25, 0.3) is 0 Å². The molecule has 1 atom stereocenters. The molecule has 0 saturated heterocycles. The first-order chi connectivity index (χ1) is 9.56. The number of halogens is 1. The molecular weight excluding hydrogens is 263 g/mol. The fraction of sp³-hybridized carbons (Fsp3) is 0.214. The number of esters is 1. The Balaban J connectivity index is 2.09. The second-order valence-electron chi connectivity index (χ2n) is 4.17. The van der Waals surface area contributed by atoms with Crippen LogP contribution in [0.2, 0.25) is 0 Å². The highest BCUT2D eigenvalue weighted by atomic mass is 19.1. The Morgan fingerprint density at radius 1 is 1.30 bits per heavy atom. The van der Waals surface area contributed by atoms with Gasteiger partial charge in [0.2, 0.25) is 0 Å². The number of benzene rings is 1. The van der Waals surface area contributed by atoms with Gasteiger partial charge >= 0.3 is 5.97 Å². The average Bonchev–Trinajstić information content (AvgIpc) is 2.46. The van der Waals surface area contributed by atoms with Gasteiger partial charge in [0.25, 0.3) is 0 Å². The zero-order valence-corrected chi connectivity index (χ0v) is 10.8. The number of aliphatic hydroxyl groups is 1. The number of rotatable bonds is 4. The smallest absolute Gasteiger partial charge is 0.303 e. The lowest BCUT2D eigenvalue weighted by Gasteiger charge is -2.10. The summed E-state index contributed by atoms with van der Waals surface area (Å²) in [5, 5.41) is 10.1. The lowest BCUT2D eigenvalue weighted by Crippen LogP contribution is -2.06. The molecule has 0 spiro atoms. The van der Waals surface area contributed by atoms with Gasteiger partial charge in [0.1, 0.15) is 18.5 Å². The molecule has 0 aliphatic rings. The quantitative estimate of drug-likeness (QED) is 0.861. The van der Waals surface area contributed by atoms with Gasteiger partial charge in [0, 0.05) is 6.92 Å². The van der Waals surface area contributed by atoms with Gasteiger partial charge in [-0.3, -0.25) is 14.8 Å². The van der Waals surface area contributed by atoms with Gasteiger partial charge < -0.3 is 9.84 Å². The van der Waals surface area contributed by atoms with Gasteiger partial charge in [-0.15, -0.1) is 0 Å². The maximum absolute atomic E-state index is 12.8. The molecule has 0 radical (unpaired) electrons. The van der Waals surface area contributed by atoms with Gasteiger partial charge in [-0.2, -0.15) is 0 Å². The van der Waals surface area contributed by atoms with Crippen molar-refractivity contribution in [3.05, 3.63) is 59.4 Å². The van der Waals surface area contributed by atoms with E-state index in [1.54, 1.807) is 0 Å². The molecule has 0 amide bonds. The Hall–Kier alpha value is -2.34. The fourth-order valence-electron chi connectivity index (χ4n) is 1.57. The molecule has 1 N–H and O–H groups in total. The summed E-state index contributed by atoms with van der Waals surface area (Å²) in [6.45, 7) is 1.34. The van der Waals surface area contributed by atoms with E-state index in [1.165, 1.54) is 43.6 Å². The van der Waals surface area contributed by atoms with Crippen LogP contribution in [0.15, 0.2) is 36.7 Å². The second kappa shape index (κ2) is 6.21. The zero-order chi connectivity index (χ0) is 14.5. The third-order valence-corrected chi connectivity index (χ3v) is 2.61. The molecule has 0 aliphatic carbocycles. The van der Waals surface area contributed by atoms with Crippen LogP contribution in [0.3, 0.4) is 0 Å². The van der Waals surface area contributed by atoms with Crippen molar-refractivity contribution >= 4 is 5.97 Å². The Bertz CT molecular complexity index is 584. The molecule has 0 fully saturated rings. The maximum Gasteiger partial charge on any atom is 0.303 e. The maximum atomic E-state index is 12.8. The standard InChI is InChI=1S/C14H13FN2O3/c1-9(18)20-8-12-6-17-13(7-16-12)14(19)10-2-4-11(15)5-3-10/h2-7,14,19H,8H2,1H3. The molecule has 1 unspecified atom stereocenters. The van der Waals surface area contributed by atoms with Crippen molar-refractivity contribution in [3.63, 3.8) is 0 Å². The monoisotopic (exact) mass is 276 g/mol. The van der Waals surface area contributed by atoms with E-state index in [2.05, 4.69) is 9.97 Å². The predicted octanol–water partition coefficient (Wildman–Crippen LogP) is 1.76. The minimum absolute atomic E-state index is 0.0370. The van der Waals surface area contributed by atoms with Crippen molar-refractivity contribution in [1.29, 1.82) is 0 Å². The first-order valence-corrected chi connectivity index (χ1v) is 5.94. The number of aromatic nitrogens is 2. The van der Waals surface area contributed by atoms with Gasteiger partial charge in [0.15, 0.2) is 0 Å². The SMILES string of the molecule is CC(=O)OCc1cnc(C(O)c2ccc(F)cc2)cn1. The highest BCUT2D eigenvalue weighted by Crippen LogP contribution is 2.19. The summed E-state index contributed by atoms with van der Waals surface area (Å²) in [6.07, 6.45) is 1.84. The first kappa shape index (κ1) is 14.1. The van der Waals surface area contributed by atoms with Crippen LogP contribution in [-0.2, 0) is 16.1 Å². The lowest BCUT2D eigenvalue weighted by molar-refractivity contribution is -0.142. The van der Waals surface area contributed by atoms with Crippen LogP contribution < -0.4 is 0 Å². The van der Waals surface area contributed by atoms with E-state index in [9.17, 15) is 14.3 Å². The van der Waals surface area contributed by atoms with E-state index < -0.39 is 12.1 Å². The highest BCUT2D eigenvalue weighted by molar-refractivity contribution is 5.65. The van der Waals surface area contributed by atoms with E-state index in [-0.39, 0.29) is 12.4 Å². The Kier molecular flexibility index (Phi) is 4.37. The number of carbonyl (C=O) groups is 1. The third-order valence-electron chi connectivity index (χ3n) is 2.61. The number of carbonyl (C=O) groups excluding carboxylic acids is 1. The Morgan fingerprint density at radius 2 is 2.00 bits per heavy atom. The number of hydrogen-bond acceptors (Lipinski definition) is 5. The highest BCUT2D eigenvalue weighted by Gasteiger charge is 2.12. The minimum Gasteiger partial charge on any atom is -0.459 e. The van der Waals surface area contributed by atoms with Gasteiger partial charge in [-0.1, -0.05) is 12.1 Å². The van der Waals surface area contributed by atoms with Crippen molar-refractivity contribution in [1.82, 2.24) is 9.97 Å². The summed E-state index contributed by atoms with van der Waals surface area (Å²) in [5.74, 6) is -0.772. The van der Waals surface area contributed by atoms with Crippen molar-refractivity contribution in [2.75, 3.05) is 0 Å². The fourth-order valence-corrected chi connectivity index (χ4v) is 1.57.